The third-order valence-corrected chi connectivity index (χ3v) is 6.40. The summed E-state index contributed by atoms with van der Waals surface area (Å²) in [5.74, 6) is -0.647. The van der Waals surface area contributed by atoms with Crippen LogP contribution in [0.5, 0.6) is 0 Å². The second-order valence-electron chi connectivity index (χ2n) is 8.86. The molecule has 2 aliphatic rings. The van der Waals surface area contributed by atoms with Crippen molar-refractivity contribution >= 4 is 23.2 Å². The lowest BCUT2D eigenvalue weighted by Gasteiger charge is -2.43. The van der Waals surface area contributed by atoms with Crippen LogP contribution in [0.25, 0.3) is 0 Å². The van der Waals surface area contributed by atoms with Gasteiger partial charge in [-0.25, -0.2) is 0 Å². The molecule has 0 bridgehead atoms. The minimum atomic E-state index is -0.765. The van der Waals surface area contributed by atoms with E-state index in [2.05, 4.69) is 15.5 Å². The Morgan fingerprint density at radius 3 is 2.56 bits per heavy atom. The summed E-state index contributed by atoms with van der Waals surface area (Å²) in [6.45, 7) is 1.72. The molecule has 1 saturated heterocycles. The van der Waals surface area contributed by atoms with Crippen LogP contribution in [0.3, 0.4) is 0 Å². The molecule has 0 spiro atoms. The van der Waals surface area contributed by atoms with Crippen molar-refractivity contribution < 1.29 is 19.2 Å². The SMILES string of the molecule is NC(=O)CN1CCOC(c2ccccc2)(c2ccc(NC(=O)C3CC(c4cccnc4)=NO3)cc2)C1. The number of amides is 2. The van der Waals surface area contributed by atoms with Crippen LogP contribution in [0.15, 0.2) is 84.3 Å². The number of pyridine rings is 1. The molecular formula is C27H27N5O4. The van der Waals surface area contributed by atoms with Crippen LogP contribution in [0.4, 0.5) is 5.69 Å². The van der Waals surface area contributed by atoms with Crippen LogP contribution < -0.4 is 11.1 Å². The number of carbonyl (C=O) groups is 2. The monoisotopic (exact) mass is 485 g/mol. The van der Waals surface area contributed by atoms with Gasteiger partial charge in [0.15, 0.2) is 0 Å². The molecule has 2 aromatic carbocycles. The molecule has 9 nitrogen and oxygen atoms in total. The van der Waals surface area contributed by atoms with Crippen LogP contribution in [0, 0.1) is 0 Å². The summed E-state index contributed by atoms with van der Waals surface area (Å²) < 4.78 is 6.38. The highest BCUT2D eigenvalue weighted by Crippen LogP contribution is 2.37. The highest BCUT2D eigenvalue weighted by Gasteiger charge is 2.40. The summed E-state index contributed by atoms with van der Waals surface area (Å²) in [6, 6.07) is 21.2. The maximum atomic E-state index is 12.8. The fourth-order valence-electron chi connectivity index (χ4n) is 4.63. The van der Waals surface area contributed by atoms with Gasteiger partial charge in [0.1, 0.15) is 5.60 Å². The molecule has 5 rings (SSSR count). The van der Waals surface area contributed by atoms with Crippen LogP contribution in [0.1, 0.15) is 23.1 Å². The molecule has 36 heavy (non-hydrogen) atoms. The number of carbonyl (C=O) groups excluding carboxylic acids is 2. The van der Waals surface area contributed by atoms with E-state index in [1.54, 1.807) is 12.4 Å². The molecule has 1 fully saturated rings. The lowest BCUT2D eigenvalue weighted by atomic mass is 9.84. The molecule has 3 heterocycles. The van der Waals surface area contributed by atoms with Crippen molar-refractivity contribution in [2.24, 2.45) is 10.9 Å². The number of oxime groups is 1. The van der Waals surface area contributed by atoms with Crippen LogP contribution in [-0.4, -0.2) is 59.8 Å². The van der Waals surface area contributed by atoms with Gasteiger partial charge in [0, 0.05) is 43.2 Å². The molecule has 3 aromatic rings. The maximum Gasteiger partial charge on any atom is 0.268 e. The van der Waals surface area contributed by atoms with Gasteiger partial charge in [0.25, 0.3) is 5.91 Å². The molecule has 184 valence electrons. The standard InChI is InChI=1S/C27H27N5O4/c28-25(33)17-32-13-14-35-27(18-32,20-6-2-1-3-7-20)21-8-10-22(11-9-21)30-26(34)24-15-23(31-36-24)19-5-4-12-29-16-19/h1-12,16,24H,13-15,17-18H2,(H2,28,33)(H,30,34). The normalized spacial score (nSPS) is 21.9. The van der Waals surface area contributed by atoms with E-state index in [0.717, 1.165) is 16.7 Å². The van der Waals surface area contributed by atoms with E-state index < -0.39 is 11.7 Å². The zero-order chi connectivity index (χ0) is 25.0. The third-order valence-electron chi connectivity index (χ3n) is 6.40. The van der Waals surface area contributed by atoms with Crippen molar-refractivity contribution in [1.82, 2.24) is 9.88 Å². The molecular weight excluding hydrogens is 458 g/mol. The zero-order valence-corrected chi connectivity index (χ0v) is 19.7. The van der Waals surface area contributed by atoms with E-state index in [-0.39, 0.29) is 18.4 Å². The number of ether oxygens (including phenoxy) is 1. The molecule has 2 unspecified atom stereocenters. The molecule has 2 amide bonds. The minimum absolute atomic E-state index is 0.163. The highest BCUT2D eigenvalue weighted by molar-refractivity contribution is 6.05. The van der Waals surface area contributed by atoms with E-state index in [1.165, 1.54) is 0 Å². The molecule has 0 aliphatic carbocycles. The van der Waals surface area contributed by atoms with Crippen molar-refractivity contribution in [2.45, 2.75) is 18.1 Å². The van der Waals surface area contributed by atoms with Gasteiger partial charge in [0.2, 0.25) is 12.0 Å². The molecule has 2 aliphatic heterocycles. The number of primary amides is 1. The van der Waals surface area contributed by atoms with Crippen molar-refractivity contribution in [3.63, 3.8) is 0 Å². The van der Waals surface area contributed by atoms with Gasteiger partial charge < -0.3 is 20.6 Å². The smallest absolute Gasteiger partial charge is 0.268 e. The van der Waals surface area contributed by atoms with Crippen molar-refractivity contribution in [3.8, 4) is 0 Å². The minimum Gasteiger partial charge on any atom is -0.382 e. The van der Waals surface area contributed by atoms with E-state index in [1.807, 2.05) is 71.6 Å². The summed E-state index contributed by atoms with van der Waals surface area (Å²) in [5.41, 5.74) is 8.76. The van der Waals surface area contributed by atoms with Crippen molar-refractivity contribution in [3.05, 3.63) is 95.8 Å². The van der Waals surface area contributed by atoms with Gasteiger partial charge in [0.05, 0.1) is 18.9 Å². The Labute approximate surface area is 208 Å². The van der Waals surface area contributed by atoms with Gasteiger partial charge in [-0.15, -0.1) is 0 Å². The molecule has 9 heteroatoms. The lowest BCUT2D eigenvalue weighted by Crippen LogP contribution is -2.52. The Kier molecular flexibility index (Phi) is 6.75. The van der Waals surface area contributed by atoms with Gasteiger partial charge in [-0.2, -0.15) is 0 Å². The number of aromatic nitrogens is 1. The Morgan fingerprint density at radius 1 is 1.06 bits per heavy atom. The summed E-state index contributed by atoms with van der Waals surface area (Å²) in [6.07, 6.45) is 3.04. The first kappa shape index (κ1) is 23.7. The number of nitrogens with one attached hydrogen (secondary N) is 1. The number of anilines is 1. The third kappa shape index (κ3) is 4.98. The quantitative estimate of drug-likeness (QED) is 0.530. The average molecular weight is 486 g/mol. The van der Waals surface area contributed by atoms with Crippen LogP contribution in [0.2, 0.25) is 0 Å². The predicted molar refractivity (Wildman–Crippen MR) is 134 cm³/mol. The molecule has 2 atom stereocenters. The Balaban J connectivity index is 1.31. The largest absolute Gasteiger partial charge is 0.382 e. The van der Waals surface area contributed by atoms with Gasteiger partial charge >= 0.3 is 0 Å². The first-order chi connectivity index (χ1) is 17.5. The van der Waals surface area contributed by atoms with Gasteiger partial charge in [-0.1, -0.05) is 47.6 Å². The number of rotatable bonds is 7. The first-order valence-corrected chi connectivity index (χ1v) is 11.8. The second-order valence-corrected chi connectivity index (χ2v) is 8.86. The maximum absolute atomic E-state index is 12.8. The summed E-state index contributed by atoms with van der Waals surface area (Å²) in [5, 5.41) is 6.97. The number of morpholine rings is 1. The summed E-state index contributed by atoms with van der Waals surface area (Å²) in [4.78, 5) is 35.9. The van der Waals surface area contributed by atoms with E-state index in [0.29, 0.717) is 37.5 Å². The van der Waals surface area contributed by atoms with Gasteiger partial charge in [-0.3, -0.25) is 19.5 Å². The zero-order valence-electron chi connectivity index (χ0n) is 19.7. The number of hydrogen-bond donors (Lipinski definition) is 2. The van der Waals surface area contributed by atoms with Crippen LogP contribution in [-0.2, 0) is 24.8 Å². The Morgan fingerprint density at radius 2 is 1.83 bits per heavy atom. The van der Waals surface area contributed by atoms with Crippen molar-refractivity contribution in [1.29, 1.82) is 0 Å². The number of nitrogens with zero attached hydrogens (tertiary/aromatic N) is 3. The van der Waals surface area contributed by atoms with Crippen LogP contribution >= 0.6 is 0 Å². The molecule has 3 N–H and O–H groups in total. The molecule has 1 aromatic heterocycles. The van der Waals surface area contributed by atoms with E-state index in [9.17, 15) is 9.59 Å². The highest BCUT2D eigenvalue weighted by atomic mass is 16.6. The van der Waals surface area contributed by atoms with E-state index in [4.69, 9.17) is 15.3 Å². The Bertz CT molecular complexity index is 1250. The molecule has 0 radical (unpaired) electrons. The second kappa shape index (κ2) is 10.3. The van der Waals surface area contributed by atoms with Crippen molar-refractivity contribution in [2.75, 3.05) is 31.6 Å². The van der Waals surface area contributed by atoms with E-state index >= 15 is 0 Å². The number of benzene rings is 2. The first-order valence-electron chi connectivity index (χ1n) is 11.8. The molecule has 0 saturated carbocycles. The summed E-state index contributed by atoms with van der Waals surface area (Å²) >= 11 is 0. The fraction of sp³-hybridized carbons (Fsp3) is 0.259. The Hall–Kier alpha value is -4.08. The number of nitrogens with two attached hydrogens (primary N) is 1. The van der Waals surface area contributed by atoms with Gasteiger partial charge in [-0.05, 0) is 35.4 Å². The fourth-order valence-corrected chi connectivity index (χ4v) is 4.63. The number of hydrogen-bond acceptors (Lipinski definition) is 7. The average Bonchev–Trinajstić information content (AvgIpc) is 3.41. The topological polar surface area (TPSA) is 119 Å². The predicted octanol–water partition coefficient (Wildman–Crippen LogP) is 2.27. The lowest BCUT2D eigenvalue weighted by molar-refractivity contribution is -0.126. The summed E-state index contributed by atoms with van der Waals surface area (Å²) in [7, 11) is 0.